The predicted octanol–water partition coefficient (Wildman–Crippen LogP) is -22.4. The van der Waals surface area contributed by atoms with Crippen LogP contribution in [-0.4, -0.2) is 482 Å². The highest BCUT2D eigenvalue weighted by Crippen LogP contribution is 2.42. The number of ether oxygens (including phenoxy) is 18. The van der Waals surface area contributed by atoms with Crippen molar-refractivity contribution in [3.63, 3.8) is 0 Å². The second-order valence-corrected chi connectivity index (χ2v) is 33.5. The standard InChI is InChI=1S/C23H44F2N6O12.C23H45FN6O12.C23H46N6O11/c24-23(25)18(31)22(39-8(3-27)19(23)37)41-15-6(29)1-5(28)11(33)17(15)43-21-14(36)16(9(4-32)40-21)42-20-10(30)13(35)12(34)7(2-26)38-20;24-10-11(29)21(37-7(2-25)14(10)33)40-18-6(28)1-5(27)13(32)20(18)42-23-17(36)19(9(4-31)39-23)41-22-12(30)16(35)15(34)8(3-26)38-22;24-4-7-1-2-8(26)21(35-7)38-18-10(28)3-9(27)14(31)20(18)40-23-17(34)19(12(6-30)37-23)39-22-13(29)16(33)15(32)11(5-25)36-22/h5-22,32-37H,1-4,26-31H2;5-23,31-36H,1-4,25-30H2;7-23,30-34H,1-6,24-29H2. The van der Waals surface area contributed by atoms with E-state index in [4.69, 9.17) is 188 Å². The van der Waals surface area contributed by atoms with Gasteiger partial charge in [0.15, 0.2) is 56.6 Å². The van der Waals surface area contributed by atoms with Gasteiger partial charge in [0.25, 0.3) is 5.92 Å². The summed E-state index contributed by atoms with van der Waals surface area (Å²) in [7, 11) is 0. The molecule has 53 N–H and O–H groups in total. The molecule has 3 saturated carbocycles. The summed E-state index contributed by atoms with van der Waals surface area (Å²) in [5.41, 5.74) is 106. The Bertz CT molecular complexity index is 3240. The second kappa shape index (κ2) is 45.3. The van der Waals surface area contributed by atoms with Gasteiger partial charge in [-0.1, -0.05) is 0 Å². The largest absolute Gasteiger partial charge is 0.394 e. The van der Waals surface area contributed by atoms with Crippen LogP contribution in [0.3, 0.4) is 0 Å². The summed E-state index contributed by atoms with van der Waals surface area (Å²) < 4.78 is 148. The van der Waals surface area contributed by atoms with Gasteiger partial charge in [-0.3, -0.25) is 0 Å². The molecule has 3 aliphatic carbocycles. The molecule has 54 unspecified atom stereocenters. The third-order valence-electron chi connectivity index (χ3n) is 24.9. The lowest BCUT2D eigenvalue weighted by molar-refractivity contribution is -0.331. The van der Waals surface area contributed by atoms with Crippen molar-refractivity contribution in [1.82, 2.24) is 0 Å². The van der Waals surface area contributed by atoms with Crippen LogP contribution in [-0.2, 0) is 85.3 Å². The van der Waals surface area contributed by atoms with Crippen LogP contribution in [0.1, 0.15) is 32.1 Å². The molecule has 53 nitrogen and oxygen atoms in total. The molecule has 12 fully saturated rings. The van der Waals surface area contributed by atoms with Crippen LogP contribution < -0.4 is 103 Å². The maximum atomic E-state index is 14.7. The summed E-state index contributed by atoms with van der Waals surface area (Å²) in [6.45, 7) is -2.91. The van der Waals surface area contributed by atoms with E-state index in [2.05, 4.69) is 0 Å². The zero-order valence-corrected chi connectivity index (χ0v) is 68.1. The van der Waals surface area contributed by atoms with Gasteiger partial charge in [-0.05, 0) is 32.1 Å². The fourth-order valence-electron chi connectivity index (χ4n) is 17.1. The van der Waals surface area contributed by atoms with Gasteiger partial charge in [-0.25, -0.2) is 13.2 Å². The van der Waals surface area contributed by atoms with E-state index in [0.29, 0.717) is 12.8 Å². The van der Waals surface area contributed by atoms with Gasteiger partial charge < -0.3 is 275 Å². The molecule has 0 bridgehead atoms. The minimum Gasteiger partial charge on any atom is -0.394 e. The molecule has 732 valence electrons. The number of alkyl halides is 3. The van der Waals surface area contributed by atoms with E-state index in [1.54, 1.807) is 0 Å². The summed E-state index contributed by atoms with van der Waals surface area (Å²) >= 11 is 0. The molecule has 9 heterocycles. The molecular weight excluding hydrogens is 1700 g/mol. The maximum absolute atomic E-state index is 14.7. The van der Waals surface area contributed by atoms with Gasteiger partial charge in [0.05, 0.1) is 74.4 Å². The Balaban J connectivity index is 0.000000196. The molecule has 0 aromatic heterocycles. The molecule has 9 aliphatic heterocycles. The Morgan fingerprint density at radius 2 is 0.528 bits per heavy atom. The van der Waals surface area contributed by atoms with Crippen molar-refractivity contribution < 1.29 is 185 Å². The van der Waals surface area contributed by atoms with Crippen LogP contribution in [0.2, 0.25) is 0 Å². The Kier molecular flexibility index (Phi) is 38.0. The van der Waals surface area contributed by atoms with Crippen LogP contribution in [0.4, 0.5) is 13.2 Å². The summed E-state index contributed by atoms with van der Waals surface area (Å²) in [6, 6.07) is -13.1. The van der Waals surface area contributed by atoms with E-state index in [9.17, 15) is 100.0 Å². The van der Waals surface area contributed by atoms with Crippen molar-refractivity contribution >= 4 is 0 Å². The van der Waals surface area contributed by atoms with Gasteiger partial charge in [-0.15, -0.1) is 0 Å². The predicted molar refractivity (Wildman–Crippen MR) is 410 cm³/mol. The average Bonchev–Trinajstić information content (AvgIpc) is 1.17. The van der Waals surface area contributed by atoms with Gasteiger partial charge in [0, 0.05) is 75.5 Å². The lowest BCUT2D eigenvalue weighted by atomic mass is 9.84. The van der Waals surface area contributed by atoms with Crippen molar-refractivity contribution in [2.24, 2.45) is 103 Å². The maximum Gasteiger partial charge on any atom is 0.295 e. The molecule has 0 spiro atoms. The zero-order chi connectivity index (χ0) is 92.3. The second-order valence-electron chi connectivity index (χ2n) is 33.5. The Morgan fingerprint density at radius 1 is 0.256 bits per heavy atom. The number of aliphatic hydroxyl groups excluding tert-OH is 17. The van der Waals surface area contributed by atoms with E-state index in [1.165, 1.54) is 0 Å². The summed E-state index contributed by atoms with van der Waals surface area (Å²) in [6.07, 6.45) is -55.9. The molecule has 54 atom stereocenters. The average molecular weight is 1830 g/mol. The Morgan fingerprint density at radius 3 is 0.840 bits per heavy atom. The molecule has 0 amide bonds. The van der Waals surface area contributed by atoms with Crippen molar-refractivity contribution in [1.29, 1.82) is 0 Å². The van der Waals surface area contributed by atoms with Crippen LogP contribution in [0, 0.1) is 0 Å². The fourth-order valence-corrected chi connectivity index (χ4v) is 17.1. The number of rotatable bonds is 27. The number of hydrogen-bond acceptors (Lipinski definition) is 53. The molecule has 0 aromatic carbocycles. The van der Waals surface area contributed by atoms with E-state index >= 15 is 0 Å². The van der Waals surface area contributed by atoms with Gasteiger partial charge in [0.2, 0.25) is 0 Å². The molecular formula is C69H135F3N18O35. The van der Waals surface area contributed by atoms with Crippen molar-refractivity contribution in [3.05, 3.63) is 0 Å². The molecule has 0 aromatic rings. The summed E-state index contributed by atoms with van der Waals surface area (Å²) in [5.74, 6) is -3.87. The third-order valence-corrected chi connectivity index (χ3v) is 24.9. The summed E-state index contributed by atoms with van der Waals surface area (Å²) in [5, 5.41) is 177. The van der Waals surface area contributed by atoms with E-state index in [0.717, 1.165) is 0 Å². The van der Waals surface area contributed by atoms with Gasteiger partial charge >= 0.3 is 0 Å². The highest BCUT2D eigenvalue weighted by atomic mass is 19.3. The molecule has 0 radical (unpaired) electrons. The minimum absolute atomic E-state index is 0.0422. The first-order valence-corrected chi connectivity index (χ1v) is 41.4. The van der Waals surface area contributed by atoms with Crippen LogP contribution >= 0.6 is 0 Å². The Hall–Kier alpha value is -2.33. The van der Waals surface area contributed by atoms with E-state index < -0.39 is 357 Å². The number of hydrogen-bond donors (Lipinski definition) is 35. The molecule has 125 heavy (non-hydrogen) atoms. The smallest absolute Gasteiger partial charge is 0.295 e. The molecule has 12 rings (SSSR count). The lowest BCUT2D eigenvalue weighted by Gasteiger charge is -2.48. The topological polar surface area (TPSA) is 978 Å². The first-order chi connectivity index (χ1) is 59.0. The highest BCUT2D eigenvalue weighted by molar-refractivity contribution is 5.08. The first kappa shape index (κ1) is 105. The van der Waals surface area contributed by atoms with Crippen LogP contribution in [0.5, 0.6) is 0 Å². The quantitative estimate of drug-likeness (QED) is 0.0363. The van der Waals surface area contributed by atoms with E-state index in [-0.39, 0.29) is 58.1 Å². The molecule has 56 heteroatoms. The Labute approximate surface area is 714 Å². The molecule has 9 saturated heterocycles. The van der Waals surface area contributed by atoms with Gasteiger partial charge in [0.1, 0.15) is 183 Å². The SMILES string of the molecule is NCC1CCC(N)C(OC2C(N)CC(N)C(O)C2OC2OC(CO)C(OC3OC(CN)C(O)C(O)C3N)C2O)O1.NCC1OC(OC2C(CO)OC(OC3C(O)C(N)CC(N)C3OC3OC(CN)C(O)C(F)(F)C3N)C2O)C(N)C(O)C1O.NCC1OC(OC2C(CO)OC(OC3C(O)C(N)CC(N)C3OC3OC(CN)C(O)C(F)C3N)C2O)C(N)C(O)C1O. The zero-order valence-electron chi connectivity index (χ0n) is 68.1. The number of halogens is 3. The fraction of sp³-hybridized carbons (Fsp3) is 1.00. The minimum atomic E-state index is -3.87. The van der Waals surface area contributed by atoms with Crippen molar-refractivity contribution in [2.75, 3.05) is 59.1 Å². The first-order valence-electron chi connectivity index (χ1n) is 41.4. The monoisotopic (exact) mass is 1830 g/mol. The number of nitrogens with two attached hydrogens (primary N) is 18. The van der Waals surface area contributed by atoms with Crippen LogP contribution in [0.25, 0.3) is 0 Å². The number of aliphatic hydroxyl groups is 17. The summed E-state index contributed by atoms with van der Waals surface area (Å²) in [4.78, 5) is 0. The van der Waals surface area contributed by atoms with E-state index in [1.807, 2.05) is 0 Å². The van der Waals surface area contributed by atoms with Gasteiger partial charge in [-0.2, -0.15) is 0 Å². The van der Waals surface area contributed by atoms with Crippen LogP contribution in [0.15, 0.2) is 0 Å². The lowest BCUT2D eigenvalue weighted by Crippen LogP contribution is -2.70. The normalized spacial score (nSPS) is 52.8. The van der Waals surface area contributed by atoms with Crippen molar-refractivity contribution in [3.8, 4) is 0 Å². The molecule has 12 aliphatic rings. The highest BCUT2D eigenvalue weighted by Gasteiger charge is 2.62. The third kappa shape index (κ3) is 22.8. The van der Waals surface area contributed by atoms with Crippen molar-refractivity contribution in [2.45, 2.75) is 369 Å².